The summed E-state index contributed by atoms with van der Waals surface area (Å²) in [6, 6.07) is 4.70. The quantitative estimate of drug-likeness (QED) is 0.480. The van der Waals surface area contributed by atoms with Crippen LogP contribution in [0.2, 0.25) is 0 Å². The van der Waals surface area contributed by atoms with Crippen molar-refractivity contribution in [1.29, 1.82) is 0 Å². The number of fused-ring (bicyclic) bond motifs is 1. The second kappa shape index (κ2) is 5.46. The molecule has 0 spiro atoms. The molecule has 0 amide bonds. The molecule has 0 aliphatic heterocycles. The Bertz CT molecular complexity index is 552. The van der Waals surface area contributed by atoms with E-state index in [0.29, 0.717) is 30.3 Å². The number of hydrogen-bond acceptors (Lipinski definition) is 6. The van der Waals surface area contributed by atoms with Gasteiger partial charge in [0.2, 0.25) is 0 Å². The molecule has 0 bridgehead atoms. The van der Waals surface area contributed by atoms with Crippen molar-refractivity contribution < 1.29 is 14.1 Å². The van der Waals surface area contributed by atoms with Crippen LogP contribution in [0.4, 0.5) is 11.7 Å². The van der Waals surface area contributed by atoms with Gasteiger partial charge in [0.25, 0.3) is 11.7 Å². The summed E-state index contributed by atoms with van der Waals surface area (Å²) >= 11 is 0. The highest BCUT2D eigenvalue weighted by Crippen LogP contribution is 2.23. The first-order valence-electron chi connectivity index (χ1n) is 5.48. The molecule has 1 heterocycles. The lowest BCUT2D eigenvalue weighted by Crippen LogP contribution is -2.04. The Labute approximate surface area is 103 Å². The molecule has 0 saturated heterocycles. The van der Waals surface area contributed by atoms with Gasteiger partial charge in [-0.3, -0.25) is 10.1 Å². The molecular formula is C11H13N3O4. The Morgan fingerprint density at radius 1 is 1.56 bits per heavy atom. The zero-order valence-electron chi connectivity index (χ0n) is 9.88. The van der Waals surface area contributed by atoms with E-state index in [1.807, 2.05) is 0 Å². The predicted molar refractivity (Wildman–Crippen MR) is 65.6 cm³/mol. The van der Waals surface area contributed by atoms with Crippen LogP contribution in [0.25, 0.3) is 11.1 Å². The minimum Gasteiger partial charge on any atom is -0.423 e. The molecule has 7 heteroatoms. The Kier molecular flexibility index (Phi) is 3.73. The lowest BCUT2D eigenvalue weighted by molar-refractivity contribution is -0.384. The molecular weight excluding hydrogens is 238 g/mol. The van der Waals surface area contributed by atoms with E-state index >= 15 is 0 Å². The number of nitro groups is 1. The maximum Gasteiger partial charge on any atom is 0.295 e. The van der Waals surface area contributed by atoms with E-state index in [0.717, 1.165) is 6.42 Å². The summed E-state index contributed by atoms with van der Waals surface area (Å²) in [5.41, 5.74) is 0.984. The largest absolute Gasteiger partial charge is 0.423 e. The molecule has 0 fully saturated rings. The van der Waals surface area contributed by atoms with Gasteiger partial charge in [0.15, 0.2) is 5.58 Å². The van der Waals surface area contributed by atoms with E-state index in [-0.39, 0.29) is 5.69 Å². The van der Waals surface area contributed by atoms with Crippen LogP contribution < -0.4 is 5.32 Å². The van der Waals surface area contributed by atoms with Crippen LogP contribution >= 0.6 is 0 Å². The lowest BCUT2D eigenvalue weighted by Gasteiger charge is -1.99. The Hall–Kier alpha value is -2.15. The molecule has 1 N–H and O–H groups in total. The second-order valence-corrected chi connectivity index (χ2v) is 3.70. The zero-order chi connectivity index (χ0) is 13.0. The van der Waals surface area contributed by atoms with Crippen LogP contribution in [0.5, 0.6) is 0 Å². The van der Waals surface area contributed by atoms with Crippen molar-refractivity contribution >= 4 is 22.8 Å². The van der Waals surface area contributed by atoms with Gasteiger partial charge in [0.1, 0.15) is 5.52 Å². The number of non-ortho nitro benzene ring substituents is 1. The first-order chi connectivity index (χ1) is 8.70. The smallest absolute Gasteiger partial charge is 0.295 e. The number of nitro benzene ring substituents is 1. The monoisotopic (exact) mass is 251 g/mol. The van der Waals surface area contributed by atoms with Gasteiger partial charge in [-0.1, -0.05) is 0 Å². The number of oxazole rings is 1. The molecule has 7 nitrogen and oxygen atoms in total. The molecule has 0 aliphatic rings. The van der Waals surface area contributed by atoms with Crippen molar-refractivity contribution in [3.63, 3.8) is 0 Å². The summed E-state index contributed by atoms with van der Waals surface area (Å²) in [5.74, 6) is 0. The normalized spacial score (nSPS) is 10.7. The van der Waals surface area contributed by atoms with E-state index in [2.05, 4.69) is 10.3 Å². The van der Waals surface area contributed by atoms with Crippen LogP contribution in [0.1, 0.15) is 6.42 Å². The molecule has 96 valence electrons. The summed E-state index contributed by atoms with van der Waals surface area (Å²) in [6.45, 7) is 1.32. The third-order valence-electron chi connectivity index (χ3n) is 2.38. The van der Waals surface area contributed by atoms with E-state index < -0.39 is 4.92 Å². The number of nitrogens with zero attached hydrogens (tertiary/aromatic N) is 2. The van der Waals surface area contributed by atoms with Crippen molar-refractivity contribution in [2.75, 3.05) is 25.6 Å². The summed E-state index contributed by atoms with van der Waals surface area (Å²) < 4.78 is 10.3. The maximum atomic E-state index is 10.6. The average molecular weight is 251 g/mol. The molecule has 0 atom stereocenters. The van der Waals surface area contributed by atoms with E-state index in [4.69, 9.17) is 9.15 Å². The number of nitrogens with one attached hydrogen (secondary N) is 1. The fourth-order valence-corrected chi connectivity index (χ4v) is 1.51. The van der Waals surface area contributed by atoms with Crippen molar-refractivity contribution in [3.8, 4) is 0 Å². The number of anilines is 1. The minimum absolute atomic E-state index is 0.00965. The molecule has 18 heavy (non-hydrogen) atoms. The molecule has 0 aliphatic carbocycles. The summed E-state index contributed by atoms with van der Waals surface area (Å²) in [5, 5.41) is 13.6. The van der Waals surface area contributed by atoms with Gasteiger partial charge in [-0.25, -0.2) is 0 Å². The Morgan fingerprint density at radius 3 is 3.11 bits per heavy atom. The van der Waals surface area contributed by atoms with Gasteiger partial charge >= 0.3 is 0 Å². The molecule has 2 rings (SSSR count). The van der Waals surface area contributed by atoms with Gasteiger partial charge in [-0.15, -0.1) is 0 Å². The van der Waals surface area contributed by atoms with Gasteiger partial charge in [0.05, 0.1) is 11.0 Å². The highest BCUT2D eigenvalue weighted by Gasteiger charge is 2.11. The maximum absolute atomic E-state index is 10.6. The van der Waals surface area contributed by atoms with Crippen LogP contribution in [0, 0.1) is 10.1 Å². The lowest BCUT2D eigenvalue weighted by atomic mass is 10.3. The second-order valence-electron chi connectivity index (χ2n) is 3.70. The Balaban J connectivity index is 2.09. The topological polar surface area (TPSA) is 90.4 Å². The van der Waals surface area contributed by atoms with E-state index in [1.165, 1.54) is 12.1 Å². The molecule has 0 radical (unpaired) electrons. The van der Waals surface area contributed by atoms with Gasteiger partial charge in [-0.05, 0) is 12.5 Å². The van der Waals surface area contributed by atoms with Gasteiger partial charge in [-0.2, -0.15) is 4.98 Å². The molecule has 1 aromatic carbocycles. The average Bonchev–Trinajstić information content (AvgIpc) is 2.76. The van der Waals surface area contributed by atoms with E-state index in [9.17, 15) is 10.1 Å². The SMILES string of the molecule is COCCCNc1nc2ccc([N+](=O)[O-])cc2o1. The van der Waals surface area contributed by atoms with Crippen molar-refractivity contribution in [3.05, 3.63) is 28.3 Å². The number of ether oxygens (including phenoxy) is 1. The number of aromatic nitrogens is 1. The third kappa shape index (κ3) is 2.75. The molecule has 0 unspecified atom stereocenters. The van der Waals surface area contributed by atoms with Crippen LogP contribution in [0.3, 0.4) is 0 Å². The predicted octanol–water partition coefficient (Wildman–Crippen LogP) is 2.18. The first-order valence-corrected chi connectivity index (χ1v) is 5.48. The van der Waals surface area contributed by atoms with Crippen LogP contribution in [-0.4, -0.2) is 30.2 Å². The third-order valence-corrected chi connectivity index (χ3v) is 2.38. The number of methoxy groups -OCH3 is 1. The van der Waals surface area contributed by atoms with Crippen LogP contribution in [0.15, 0.2) is 22.6 Å². The highest BCUT2D eigenvalue weighted by atomic mass is 16.6. The van der Waals surface area contributed by atoms with Crippen LogP contribution in [-0.2, 0) is 4.74 Å². The van der Waals surface area contributed by atoms with Gasteiger partial charge in [0, 0.05) is 26.3 Å². The van der Waals surface area contributed by atoms with Crippen molar-refractivity contribution in [2.45, 2.75) is 6.42 Å². The number of benzene rings is 1. The van der Waals surface area contributed by atoms with Crippen molar-refractivity contribution in [1.82, 2.24) is 4.98 Å². The molecule has 1 aromatic heterocycles. The zero-order valence-corrected chi connectivity index (χ0v) is 9.88. The van der Waals surface area contributed by atoms with E-state index in [1.54, 1.807) is 13.2 Å². The van der Waals surface area contributed by atoms with Crippen molar-refractivity contribution in [2.24, 2.45) is 0 Å². The Morgan fingerprint density at radius 2 is 2.39 bits per heavy atom. The highest BCUT2D eigenvalue weighted by molar-refractivity contribution is 5.77. The standard InChI is InChI=1S/C11H13N3O4/c1-17-6-2-5-12-11-13-9-4-3-8(14(15)16)7-10(9)18-11/h3-4,7H,2,5-6H2,1H3,(H,12,13). The fraction of sp³-hybridized carbons (Fsp3) is 0.364. The summed E-state index contributed by atoms with van der Waals surface area (Å²) in [6.07, 6.45) is 0.829. The summed E-state index contributed by atoms with van der Waals surface area (Å²) in [7, 11) is 1.64. The fourth-order valence-electron chi connectivity index (χ4n) is 1.51. The first kappa shape index (κ1) is 12.3. The molecule has 2 aromatic rings. The minimum atomic E-state index is -0.465. The molecule has 0 saturated carbocycles. The van der Waals surface area contributed by atoms with Gasteiger partial charge < -0.3 is 14.5 Å². The summed E-state index contributed by atoms with van der Waals surface area (Å²) in [4.78, 5) is 14.3. The number of hydrogen-bond donors (Lipinski definition) is 1. The number of rotatable bonds is 6.